The largest absolute Gasteiger partial charge is 0.0785 e. The van der Waals surface area contributed by atoms with Crippen molar-refractivity contribution in [1.82, 2.24) is 0 Å². The first-order chi connectivity index (χ1) is 8.82. The summed E-state index contributed by atoms with van der Waals surface area (Å²) in [6.07, 6.45) is 4.66. The summed E-state index contributed by atoms with van der Waals surface area (Å²) < 4.78 is 0. The van der Waals surface area contributed by atoms with Crippen LogP contribution in [0.4, 0.5) is 0 Å². The summed E-state index contributed by atoms with van der Waals surface area (Å²) in [5, 5.41) is 0. The van der Waals surface area contributed by atoms with Gasteiger partial charge in [-0.05, 0) is 32.9 Å². The summed E-state index contributed by atoms with van der Waals surface area (Å²) in [6, 6.07) is 6.75. The van der Waals surface area contributed by atoms with Crippen LogP contribution < -0.4 is 0 Å². The Morgan fingerprint density at radius 3 is 1.40 bits per heavy atom. The third kappa shape index (κ3) is 4.51. The molecule has 0 unspecified atom stereocenters. The van der Waals surface area contributed by atoms with E-state index in [0.717, 1.165) is 0 Å². The maximum atomic E-state index is 2.33. The number of rotatable bonds is 1. The van der Waals surface area contributed by atoms with Gasteiger partial charge in [0.15, 0.2) is 0 Å². The van der Waals surface area contributed by atoms with Crippen LogP contribution in [-0.4, -0.2) is 0 Å². The molecular weight excluding hydrogens is 240 g/mol. The minimum atomic E-state index is 0.165. The zero-order valence-electron chi connectivity index (χ0n) is 14.9. The Hall–Kier alpha value is -1.04. The molecule has 0 bridgehead atoms. The molecule has 1 aromatic rings. The van der Waals surface area contributed by atoms with Crippen LogP contribution >= 0.6 is 0 Å². The van der Waals surface area contributed by atoms with E-state index in [2.05, 4.69) is 92.7 Å². The lowest BCUT2D eigenvalue weighted by Crippen LogP contribution is -2.19. The lowest BCUT2D eigenvalue weighted by molar-refractivity contribution is 0.545. The molecule has 0 heteroatoms. The van der Waals surface area contributed by atoms with Crippen molar-refractivity contribution in [2.75, 3.05) is 0 Å². The fraction of sp³-hybridized carbons (Fsp3) is 0.600. The van der Waals surface area contributed by atoms with Gasteiger partial charge < -0.3 is 0 Å². The first kappa shape index (κ1) is 17.0. The van der Waals surface area contributed by atoms with Gasteiger partial charge >= 0.3 is 0 Å². The lowest BCUT2D eigenvalue weighted by Gasteiger charge is -2.29. The molecule has 0 aliphatic carbocycles. The van der Waals surface area contributed by atoms with Crippen molar-refractivity contribution in [3.05, 3.63) is 41.0 Å². The minimum Gasteiger partial charge on any atom is -0.0785 e. The molecule has 0 aliphatic heterocycles. The van der Waals surface area contributed by atoms with Gasteiger partial charge in [-0.1, -0.05) is 92.7 Å². The van der Waals surface area contributed by atoms with Crippen LogP contribution in [0, 0.1) is 5.41 Å². The van der Waals surface area contributed by atoms with Crippen LogP contribution in [0.1, 0.15) is 79.0 Å². The fourth-order valence-electron chi connectivity index (χ4n) is 2.39. The van der Waals surface area contributed by atoms with E-state index in [1.54, 1.807) is 0 Å². The van der Waals surface area contributed by atoms with Crippen molar-refractivity contribution in [2.24, 2.45) is 5.41 Å². The van der Waals surface area contributed by atoms with E-state index in [9.17, 15) is 0 Å². The summed E-state index contributed by atoms with van der Waals surface area (Å²) in [5.74, 6) is 0. The average molecular weight is 272 g/mol. The Morgan fingerprint density at radius 2 is 1.10 bits per heavy atom. The van der Waals surface area contributed by atoms with Crippen molar-refractivity contribution >= 4 is 6.08 Å². The second kappa shape index (κ2) is 5.39. The maximum absolute atomic E-state index is 2.33. The molecule has 0 heterocycles. The Balaban J connectivity index is 3.54. The highest BCUT2D eigenvalue weighted by molar-refractivity contribution is 5.62. The fourth-order valence-corrected chi connectivity index (χ4v) is 2.39. The standard InChI is InChI=1S/C20H32/c1-18(2,3)14-13-15-16(19(4,5)6)11-10-12-17(15)20(7,8)9/h10-14H,1-9H3/b14-13+. The molecule has 0 aliphatic rings. The second-order valence-electron chi connectivity index (χ2n) is 8.97. The number of hydrogen-bond acceptors (Lipinski definition) is 0. The molecule has 0 saturated carbocycles. The highest BCUT2D eigenvalue weighted by Crippen LogP contribution is 2.35. The van der Waals surface area contributed by atoms with Gasteiger partial charge in [0.2, 0.25) is 0 Å². The Kier molecular flexibility index (Phi) is 4.58. The first-order valence-corrected chi connectivity index (χ1v) is 7.65. The molecule has 1 aromatic carbocycles. The normalized spacial score (nSPS) is 14.1. The summed E-state index contributed by atoms with van der Waals surface area (Å²) in [7, 11) is 0. The van der Waals surface area contributed by atoms with Crippen LogP contribution in [0.3, 0.4) is 0 Å². The SMILES string of the molecule is CC(C)(C)/C=C/c1c(C(C)(C)C)cccc1C(C)(C)C. The van der Waals surface area contributed by atoms with Crippen molar-refractivity contribution in [1.29, 1.82) is 0 Å². The van der Waals surface area contributed by atoms with E-state index in [0.29, 0.717) is 0 Å². The quantitative estimate of drug-likeness (QED) is 0.559. The summed E-state index contributed by atoms with van der Waals surface area (Å²) in [4.78, 5) is 0. The van der Waals surface area contributed by atoms with Gasteiger partial charge in [0.25, 0.3) is 0 Å². The van der Waals surface area contributed by atoms with E-state index in [-0.39, 0.29) is 16.2 Å². The molecule has 20 heavy (non-hydrogen) atoms. The predicted octanol–water partition coefficient (Wildman–Crippen LogP) is 6.34. The van der Waals surface area contributed by atoms with Crippen molar-refractivity contribution in [2.45, 2.75) is 73.1 Å². The molecule has 0 saturated heterocycles. The van der Waals surface area contributed by atoms with Crippen LogP contribution in [-0.2, 0) is 10.8 Å². The highest BCUT2D eigenvalue weighted by atomic mass is 14.3. The molecular formula is C20H32. The molecule has 0 atom stereocenters. The third-order valence-electron chi connectivity index (χ3n) is 3.47. The molecule has 1 rings (SSSR count). The second-order valence-corrected chi connectivity index (χ2v) is 8.97. The van der Waals surface area contributed by atoms with E-state index in [1.165, 1.54) is 16.7 Å². The summed E-state index contributed by atoms with van der Waals surface area (Å²) in [5.41, 5.74) is 4.82. The molecule has 0 fully saturated rings. The monoisotopic (exact) mass is 272 g/mol. The molecule has 112 valence electrons. The van der Waals surface area contributed by atoms with Crippen LogP contribution in [0.5, 0.6) is 0 Å². The van der Waals surface area contributed by atoms with E-state index >= 15 is 0 Å². The zero-order chi connectivity index (χ0) is 15.8. The third-order valence-corrected chi connectivity index (χ3v) is 3.47. The number of allylic oxidation sites excluding steroid dienone is 1. The minimum absolute atomic E-state index is 0.165. The molecule has 0 spiro atoms. The van der Waals surface area contributed by atoms with Crippen molar-refractivity contribution < 1.29 is 0 Å². The van der Waals surface area contributed by atoms with Gasteiger partial charge in [-0.3, -0.25) is 0 Å². The van der Waals surface area contributed by atoms with Crippen LogP contribution in [0.15, 0.2) is 24.3 Å². The summed E-state index contributed by atoms with van der Waals surface area (Å²) >= 11 is 0. The van der Waals surface area contributed by atoms with Gasteiger partial charge in [-0.2, -0.15) is 0 Å². The van der Waals surface area contributed by atoms with Crippen LogP contribution in [0.2, 0.25) is 0 Å². The molecule has 0 aromatic heterocycles. The Morgan fingerprint density at radius 1 is 0.700 bits per heavy atom. The lowest BCUT2D eigenvalue weighted by atomic mass is 9.76. The Bertz CT molecular complexity index is 450. The van der Waals surface area contributed by atoms with Crippen LogP contribution in [0.25, 0.3) is 6.08 Å². The van der Waals surface area contributed by atoms with E-state index < -0.39 is 0 Å². The molecule has 0 N–H and O–H groups in total. The number of hydrogen-bond donors (Lipinski definition) is 0. The van der Waals surface area contributed by atoms with Crippen molar-refractivity contribution in [3.8, 4) is 0 Å². The highest BCUT2D eigenvalue weighted by Gasteiger charge is 2.24. The predicted molar refractivity (Wildman–Crippen MR) is 92.3 cm³/mol. The molecule has 0 radical (unpaired) electrons. The van der Waals surface area contributed by atoms with Gasteiger partial charge in [0, 0.05) is 0 Å². The van der Waals surface area contributed by atoms with Gasteiger partial charge in [0.1, 0.15) is 0 Å². The molecule has 0 nitrogen and oxygen atoms in total. The average Bonchev–Trinajstić information content (AvgIpc) is 2.22. The van der Waals surface area contributed by atoms with Gasteiger partial charge in [-0.25, -0.2) is 0 Å². The topological polar surface area (TPSA) is 0 Å². The van der Waals surface area contributed by atoms with Gasteiger partial charge in [0.05, 0.1) is 0 Å². The smallest absolute Gasteiger partial charge is 0.0126 e. The Labute approximate surface area is 126 Å². The molecule has 0 amide bonds. The number of benzene rings is 1. The summed E-state index contributed by atoms with van der Waals surface area (Å²) in [6.45, 7) is 20.5. The van der Waals surface area contributed by atoms with Gasteiger partial charge in [-0.15, -0.1) is 0 Å². The van der Waals surface area contributed by atoms with Crippen molar-refractivity contribution in [3.63, 3.8) is 0 Å². The maximum Gasteiger partial charge on any atom is -0.0126 e. The van der Waals surface area contributed by atoms with E-state index in [1.807, 2.05) is 0 Å². The van der Waals surface area contributed by atoms with E-state index in [4.69, 9.17) is 0 Å². The first-order valence-electron chi connectivity index (χ1n) is 7.65. The zero-order valence-corrected chi connectivity index (χ0v) is 14.9.